The van der Waals surface area contributed by atoms with Crippen molar-refractivity contribution in [2.75, 3.05) is 0 Å². The molecule has 2 N–H and O–H groups in total. The molecule has 1 aromatic rings. The highest BCUT2D eigenvalue weighted by Gasteiger charge is 2.55. The van der Waals surface area contributed by atoms with Crippen LogP contribution in [0.15, 0.2) is 23.8 Å². The van der Waals surface area contributed by atoms with Gasteiger partial charge in [0.15, 0.2) is 0 Å². The van der Waals surface area contributed by atoms with Gasteiger partial charge < -0.3 is 10.2 Å². The van der Waals surface area contributed by atoms with Crippen LogP contribution in [0.1, 0.15) is 96.1 Å². The number of phenols is 2. The number of benzene rings is 1. The Labute approximate surface area is 164 Å². The monoisotopic (exact) mass is 368 g/mol. The van der Waals surface area contributed by atoms with Gasteiger partial charge in [-0.1, -0.05) is 58.1 Å². The van der Waals surface area contributed by atoms with E-state index in [2.05, 4.69) is 33.8 Å². The van der Waals surface area contributed by atoms with E-state index in [1.165, 1.54) is 56.9 Å². The number of fused-ring (bicyclic) bond motifs is 1. The predicted octanol–water partition coefficient (Wildman–Crippen LogP) is 6.81. The van der Waals surface area contributed by atoms with Gasteiger partial charge in [-0.15, -0.1) is 0 Å². The van der Waals surface area contributed by atoms with Crippen molar-refractivity contribution >= 4 is 0 Å². The second-order valence-corrected chi connectivity index (χ2v) is 10.2. The average molecular weight is 369 g/mol. The first-order valence-electron chi connectivity index (χ1n) is 11.0. The lowest BCUT2D eigenvalue weighted by molar-refractivity contribution is -0.0198. The van der Waals surface area contributed by atoms with E-state index in [4.69, 9.17) is 0 Å². The van der Waals surface area contributed by atoms with Crippen molar-refractivity contribution in [1.82, 2.24) is 0 Å². The molecule has 0 spiro atoms. The van der Waals surface area contributed by atoms with Gasteiger partial charge in [0.2, 0.25) is 0 Å². The Morgan fingerprint density at radius 2 is 1.74 bits per heavy atom. The summed E-state index contributed by atoms with van der Waals surface area (Å²) < 4.78 is 0. The Bertz CT molecular complexity index is 731. The van der Waals surface area contributed by atoms with E-state index in [1.54, 1.807) is 0 Å². The minimum atomic E-state index is 0.136. The highest BCUT2D eigenvalue weighted by Crippen LogP contribution is 2.65. The SMILES string of the molecule is CCCCCC1(c2cc(O)c([C@H]3C=C(C)[C@H]4C[C@@H]3C4(C)C)c(O)c2)CCC1. The Hall–Kier alpha value is -1.44. The summed E-state index contributed by atoms with van der Waals surface area (Å²) in [5.74, 6) is 1.93. The average Bonchev–Trinajstić information content (AvgIpc) is 2.55. The molecule has 2 heteroatoms. The number of unbranched alkanes of at least 4 members (excludes halogenated alkanes) is 2. The van der Waals surface area contributed by atoms with Gasteiger partial charge in [-0.05, 0) is 73.0 Å². The molecule has 1 aromatic carbocycles. The smallest absolute Gasteiger partial charge is 0.123 e. The second kappa shape index (κ2) is 6.57. The molecule has 0 radical (unpaired) electrons. The third-order valence-corrected chi connectivity index (χ3v) is 8.42. The molecule has 0 aliphatic heterocycles. The predicted molar refractivity (Wildman–Crippen MR) is 111 cm³/mol. The molecule has 4 aliphatic rings. The fourth-order valence-corrected chi connectivity index (χ4v) is 6.41. The topological polar surface area (TPSA) is 40.5 Å². The zero-order valence-electron chi connectivity index (χ0n) is 17.5. The fraction of sp³-hybridized carbons (Fsp3) is 0.680. The van der Waals surface area contributed by atoms with E-state index < -0.39 is 0 Å². The van der Waals surface area contributed by atoms with Crippen LogP contribution in [-0.4, -0.2) is 10.2 Å². The molecule has 0 amide bonds. The maximum absolute atomic E-state index is 11.0. The summed E-state index contributed by atoms with van der Waals surface area (Å²) >= 11 is 0. The highest BCUT2D eigenvalue weighted by molar-refractivity contribution is 5.54. The van der Waals surface area contributed by atoms with E-state index in [1.807, 2.05) is 12.1 Å². The molecule has 2 fully saturated rings. The lowest BCUT2D eigenvalue weighted by Crippen LogP contribution is -2.50. The normalized spacial score (nSPS) is 30.2. The minimum Gasteiger partial charge on any atom is -0.507 e. The summed E-state index contributed by atoms with van der Waals surface area (Å²) in [6.45, 7) is 9.14. The van der Waals surface area contributed by atoms with Gasteiger partial charge in [-0.2, -0.15) is 0 Å². The maximum atomic E-state index is 11.0. The van der Waals surface area contributed by atoms with Crippen molar-refractivity contribution in [3.05, 3.63) is 34.9 Å². The lowest BCUT2D eigenvalue weighted by atomic mass is 9.45. The van der Waals surface area contributed by atoms with Gasteiger partial charge in [0.25, 0.3) is 0 Å². The molecule has 4 aliphatic carbocycles. The van der Waals surface area contributed by atoms with Gasteiger partial charge in [0, 0.05) is 11.5 Å². The van der Waals surface area contributed by atoms with Crippen molar-refractivity contribution in [2.45, 2.75) is 90.4 Å². The van der Waals surface area contributed by atoms with Crippen molar-refractivity contribution in [2.24, 2.45) is 17.3 Å². The van der Waals surface area contributed by atoms with Gasteiger partial charge >= 0.3 is 0 Å². The van der Waals surface area contributed by atoms with Crippen LogP contribution in [0.2, 0.25) is 0 Å². The van der Waals surface area contributed by atoms with Crippen molar-refractivity contribution in [3.63, 3.8) is 0 Å². The number of hydrogen-bond donors (Lipinski definition) is 2. The van der Waals surface area contributed by atoms with Crippen molar-refractivity contribution in [3.8, 4) is 11.5 Å². The Morgan fingerprint density at radius 1 is 1.07 bits per heavy atom. The van der Waals surface area contributed by atoms with Gasteiger partial charge in [0.1, 0.15) is 11.5 Å². The molecule has 0 saturated heterocycles. The summed E-state index contributed by atoms with van der Waals surface area (Å²) in [4.78, 5) is 0. The van der Waals surface area contributed by atoms with E-state index >= 15 is 0 Å². The van der Waals surface area contributed by atoms with Crippen LogP contribution in [-0.2, 0) is 5.41 Å². The fourth-order valence-electron chi connectivity index (χ4n) is 6.41. The van der Waals surface area contributed by atoms with Crippen LogP contribution in [0.3, 0.4) is 0 Å². The molecule has 0 unspecified atom stereocenters. The Kier molecular flexibility index (Phi) is 4.60. The highest BCUT2D eigenvalue weighted by atomic mass is 16.3. The lowest BCUT2D eigenvalue weighted by Gasteiger charge is -2.59. The number of rotatable bonds is 6. The van der Waals surface area contributed by atoms with Gasteiger partial charge in [-0.3, -0.25) is 0 Å². The number of hydrogen-bond acceptors (Lipinski definition) is 2. The number of phenolic OH excluding ortho intramolecular Hbond substituents is 2. The number of aromatic hydroxyl groups is 2. The summed E-state index contributed by atoms with van der Waals surface area (Å²) in [6, 6.07) is 3.97. The molecule has 0 aromatic heterocycles. The first-order chi connectivity index (χ1) is 12.8. The van der Waals surface area contributed by atoms with Crippen LogP contribution in [0, 0.1) is 17.3 Å². The largest absolute Gasteiger partial charge is 0.507 e. The van der Waals surface area contributed by atoms with Gasteiger partial charge in [-0.25, -0.2) is 0 Å². The Balaban J connectivity index is 1.66. The van der Waals surface area contributed by atoms with E-state index in [9.17, 15) is 10.2 Å². The van der Waals surface area contributed by atoms with Crippen LogP contribution < -0.4 is 0 Å². The Morgan fingerprint density at radius 3 is 2.22 bits per heavy atom. The second-order valence-electron chi connectivity index (χ2n) is 10.2. The van der Waals surface area contributed by atoms with E-state index in [0.717, 1.165) is 11.1 Å². The molecule has 0 heterocycles. The number of allylic oxidation sites excluding steroid dienone is 2. The van der Waals surface area contributed by atoms with Crippen molar-refractivity contribution in [1.29, 1.82) is 0 Å². The molecular formula is C25H36O2. The zero-order valence-corrected chi connectivity index (χ0v) is 17.5. The summed E-state index contributed by atoms with van der Waals surface area (Å²) in [6.07, 6.45) is 12.0. The third kappa shape index (κ3) is 2.82. The molecule has 3 atom stereocenters. The molecule has 2 nitrogen and oxygen atoms in total. The minimum absolute atomic E-state index is 0.136. The van der Waals surface area contributed by atoms with Crippen molar-refractivity contribution < 1.29 is 10.2 Å². The first kappa shape index (κ1) is 18.9. The maximum Gasteiger partial charge on any atom is 0.123 e. The quantitative estimate of drug-likeness (QED) is 0.428. The molecular weight excluding hydrogens is 332 g/mol. The molecule has 5 rings (SSSR count). The molecule has 2 bridgehead atoms. The van der Waals surface area contributed by atoms with Gasteiger partial charge in [0.05, 0.1) is 0 Å². The third-order valence-electron chi connectivity index (χ3n) is 8.42. The summed E-state index contributed by atoms with van der Waals surface area (Å²) in [7, 11) is 0. The van der Waals surface area contributed by atoms with Crippen LogP contribution in [0.4, 0.5) is 0 Å². The summed E-state index contributed by atoms with van der Waals surface area (Å²) in [5.41, 5.74) is 3.78. The molecule has 27 heavy (non-hydrogen) atoms. The summed E-state index contributed by atoms with van der Waals surface area (Å²) in [5, 5.41) is 22.0. The van der Waals surface area contributed by atoms with E-state index in [-0.39, 0.29) is 16.7 Å². The molecule has 148 valence electrons. The standard InChI is InChI=1S/C25H36O2/c1-5-6-7-9-25(10-8-11-25)17-13-21(26)23(22(27)14-17)18-12-16(2)19-15-20(18)24(19,3)4/h12-14,18-20,26-27H,5-11,15H2,1-4H3/t18-,19+,20-/m0/s1. The van der Waals surface area contributed by atoms with Crippen LogP contribution >= 0.6 is 0 Å². The van der Waals surface area contributed by atoms with Crippen LogP contribution in [0.5, 0.6) is 11.5 Å². The zero-order chi connectivity index (χ0) is 19.4. The first-order valence-corrected chi connectivity index (χ1v) is 11.0. The van der Waals surface area contributed by atoms with E-state index in [0.29, 0.717) is 23.3 Å². The van der Waals surface area contributed by atoms with Crippen LogP contribution in [0.25, 0.3) is 0 Å². The molecule has 2 saturated carbocycles.